The molecule has 17 heavy (non-hydrogen) atoms. The van der Waals surface area contributed by atoms with Crippen molar-refractivity contribution < 1.29 is 0 Å². The maximum Gasteiger partial charge on any atom is 0.268 e. The van der Waals surface area contributed by atoms with Gasteiger partial charge in [-0.1, -0.05) is 0 Å². The number of nitrogens with zero attached hydrogens (tertiary/aromatic N) is 2. The zero-order chi connectivity index (χ0) is 11.9. The number of hydrogen-bond donors (Lipinski definition) is 1. The molecule has 0 unspecified atom stereocenters. The van der Waals surface area contributed by atoms with Crippen LogP contribution in [0.2, 0.25) is 0 Å². The molecule has 2 heterocycles. The molecule has 2 aliphatic rings. The van der Waals surface area contributed by atoms with E-state index >= 15 is 0 Å². The topological polar surface area (TPSA) is 57.8 Å². The van der Waals surface area contributed by atoms with Gasteiger partial charge in [0.25, 0.3) is 5.56 Å². The van der Waals surface area contributed by atoms with Gasteiger partial charge in [0.2, 0.25) is 0 Å². The van der Waals surface area contributed by atoms with Crippen LogP contribution in [0.15, 0.2) is 23.1 Å². The Balaban J connectivity index is 1.70. The minimum Gasteiger partial charge on any atom is -0.316 e. The summed E-state index contributed by atoms with van der Waals surface area (Å²) in [4.78, 5) is 11.8. The SMILES string of the molecule is N#Cc1cccn(CC2CC3(CNC3)C2)c1=O. The Kier molecular flexibility index (Phi) is 2.30. The first kappa shape index (κ1) is 10.5. The molecular weight excluding hydrogens is 214 g/mol. The van der Waals surface area contributed by atoms with Crippen LogP contribution in [0.5, 0.6) is 0 Å². The summed E-state index contributed by atoms with van der Waals surface area (Å²) in [6.07, 6.45) is 4.21. The monoisotopic (exact) mass is 229 g/mol. The van der Waals surface area contributed by atoms with Crippen LogP contribution < -0.4 is 10.9 Å². The van der Waals surface area contributed by atoms with Gasteiger partial charge in [-0.2, -0.15) is 5.26 Å². The number of rotatable bonds is 2. The first-order chi connectivity index (χ1) is 8.22. The van der Waals surface area contributed by atoms with Crippen molar-refractivity contribution in [2.75, 3.05) is 13.1 Å². The van der Waals surface area contributed by atoms with E-state index in [0.29, 0.717) is 11.3 Å². The Bertz CT molecular complexity index is 528. The van der Waals surface area contributed by atoms with Crippen LogP contribution in [-0.2, 0) is 6.54 Å². The van der Waals surface area contributed by atoms with Gasteiger partial charge in [-0.25, -0.2) is 0 Å². The Labute approximate surface area is 99.9 Å². The molecule has 0 bridgehead atoms. The second kappa shape index (κ2) is 3.71. The average Bonchev–Trinajstić information content (AvgIpc) is 2.22. The highest BCUT2D eigenvalue weighted by Crippen LogP contribution is 2.48. The molecule has 1 aromatic heterocycles. The number of pyridine rings is 1. The van der Waals surface area contributed by atoms with E-state index < -0.39 is 0 Å². The van der Waals surface area contributed by atoms with E-state index in [-0.39, 0.29) is 11.1 Å². The molecule has 4 heteroatoms. The summed E-state index contributed by atoms with van der Waals surface area (Å²) in [5.74, 6) is 0.601. The summed E-state index contributed by atoms with van der Waals surface area (Å²) < 4.78 is 1.68. The first-order valence-corrected chi connectivity index (χ1v) is 6.03. The molecule has 1 N–H and O–H groups in total. The molecule has 1 aliphatic heterocycles. The van der Waals surface area contributed by atoms with Crippen LogP contribution in [0.25, 0.3) is 0 Å². The fourth-order valence-corrected chi connectivity index (χ4v) is 3.11. The minimum absolute atomic E-state index is 0.150. The summed E-state index contributed by atoms with van der Waals surface area (Å²) >= 11 is 0. The summed E-state index contributed by atoms with van der Waals surface area (Å²) in [5.41, 5.74) is 0.635. The van der Waals surface area contributed by atoms with Crippen LogP contribution in [-0.4, -0.2) is 17.7 Å². The highest BCUT2D eigenvalue weighted by Gasteiger charge is 2.48. The predicted molar refractivity (Wildman–Crippen MR) is 63.4 cm³/mol. The summed E-state index contributed by atoms with van der Waals surface area (Å²) in [7, 11) is 0. The fraction of sp³-hybridized carbons (Fsp3) is 0.538. The van der Waals surface area contributed by atoms with Gasteiger partial charge in [0.15, 0.2) is 0 Å². The third kappa shape index (κ3) is 1.67. The third-order valence-corrected chi connectivity index (χ3v) is 4.04. The second-order valence-corrected chi connectivity index (χ2v) is 5.37. The molecule has 3 rings (SSSR count). The van der Waals surface area contributed by atoms with Gasteiger partial charge in [-0.05, 0) is 36.3 Å². The molecule has 1 aromatic rings. The first-order valence-electron chi connectivity index (χ1n) is 6.03. The van der Waals surface area contributed by atoms with E-state index in [1.807, 2.05) is 6.07 Å². The van der Waals surface area contributed by atoms with Crippen LogP contribution in [0.4, 0.5) is 0 Å². The van der Waals surface area contributed by atoms with Crippen LogP contribution >= 0.6 is 0 Å². The zero-order valence-corrected chi connectivity index (χ0v) is 9.65. The van der Waals surface area contributed by atoms with Gasteiger partial charge >= 0.3 is 0 Å². The molecular formula is C13H15N3O. The van der Waals surface area contributed by atoms with Crippen molar-refractivity contribution >= 4 is 0 Å². The van der Waals surface area contributed by atoms with E-state index in [2.05, 4.69) is 5.32 Å². The van der Waals surface area contributed by atoms with Crippen molar-refractivity contribution in [3.05, 3.63) is 34.2 Å². The van der Waals surface area contributed by atoms with E-state index in [1.165, 1.54) is 12.8 Å². The number of aromatic nitrogens is 1. The number of nitrogens with one attached hydrogen (secondary N) is 1. The fourth-order valence-electron chi connectivity index (χ4n) is 3.11. The Hall–Kier alpha value is -1.60. The van der Waals surface area contributed by atoms with Crippen LogP contribution in [0.1, 0.15) is 18.4 Å². The molecule has 0 amide bonds. The Morgan fingerprint density at radius 3 is 2.88 bits per heavy atom. The maximum absolute atomic E-state index is 11.8. The molecule has 1 saturated carbocycles. The highest BCUT2D eigenvalue weighted by atomic mass is 16.1. The predicted octanol–water partition coefficient (Wildman–Crippen LogP) is 0.720. The molecule has 0 radical (unpaired) electrons. The molecule has 1 aliphatic carbocycles. The molecule has 4 nitrogen and oxygen atoms in total. The van der Waals surface area contributed by atoms with Gasteiger partial charge in [0.1, 0.15) is 11.6 Å². The molecule has 0 atom stereocenters. The van der Waals surface area contributed by atoms with E-state index in [1.54, 1.807) is 22.9 Å². The van der Waals surface area contributed by atoms with Crippen molar-refractivity contribution in [3.63, 3.8) is 0 Å². The van der Waals surface area contributed by atoms with Gasteiger partial charge in [0, 0.05) is 25.8 Å². The molecule has 88 valence electrons. The number of nitriles is 1. The summed E-state index contributed by atoms with van der Waals surface area (Å²) in [6.45, 7) is 3.03. The van der Waals surface area contributed by atoms with Crippen molar-refractivity contribution in [1.82, 2.24) is 9.88 Å². The lowest BCUT2D eigenvalue weighted by Crippen LogP contribution is -2.60. The Morgan fingerprint density at radius 2 is 2.29 bits per heavy atom. The Morgan fingerprint density at radius 1 is 1.53 bits per heavy atom. The van der Waals surface area contributed by atoms with Crippen molar-refractivity contribution in [3.8, 4) is 6.07 Å². The molecule has 2 fully saturated rings. The normalized spacial score (nSPS) is 21.6. The quantitative estimate of drug-likeness (QED) is 0.813. The van der Waals surface area contributed by atoms with E-state index in [4.69, 9.17) is 5.26 Å². The van der Waals surface area contributed by atoms with Crippen molar-refractivity contribution in [2.24, 2.45) is 11.3 Å². The lowest BCUT2D eigenvalue weighted by Gasteiger charge is -2.54. The lowest BCUT2D eigenvalue weighted by molar-refractivity contribution is -0.00755. The smallest absolute Gasteiger partial charge is 0.268 e. The largest absolute Gasteiger partial charge is 0.316 e. The lowest BCUT2D eigenvalue weighted by atomic mass is 9.58. The summed E-state index contributed by atoms with van der Waals surface area (Å²) in [6, 6.07) is 5.30. The summed E-state index contributed by atoms with van der Waals surface area (Å²) in [5, 5.41) is 12.1. The van der Waals surface area contributed by atoms with Gasteiger partial charge in [-0.3, -0.25) is 4.79 Å². The minimum atomic E-state index is -0.150. The zero-order valence-electron chi connectivity index (χ0n) is 9.65. The van der Waals surface area contributed by atoms with Gasteiger partial charge in [-0.15, -0.1) is 0 Å². The average molecular weight is 229 g/mol. The van der Waals surface area contributed by atoms with Crippen LogP contribution in [0.3, 0.4) is 0 Å². The molecule has 1 saturated heterocycles. The second-order valence-electron chi connectivity index (χ2n) is 5.37. The van der Waals surface area contributed by atoms with Gasteiger partial charge in [0.05, 0.1) is 0 Å². The van der Waals surface area contributed by atoms with Crippen molar-refractivity contribution in [2.45, 2.75) is 19.4 Å². The van der Waals surface area contributed by atoms with Gasteiger partial charge < -0.3 is 9.88 Å². The maximum atomic E-state index is 11.8. The van der Waals surface area contributed by atoms with E-state index in [0.717, 1.165) is 19.6 Å². The van der Waals surface area contributed by atoms with Crippen LogP contribution in [0, 0.1) is 22.7 Å². The van der Waals surface area contributed by atoms with Crippen molar-refractivity contribution in [1.29, 1.82) is 5.26 Å². The molecule has 1 spiro atoms. The highest BCUT2D eigenvalue weighted by molar-refractivity contribution is 5.25. The van der Waals surface area contributed by atoms with E-state index in [9.17, 15) is 4.79 Å². The molecule has 0 aromatic carbocycles. The number of hydrogen-bond acceptors (Lipinski definition) is 3. The standard InChI is InChI=1S/C13H15N3O/c14-6-11-2-1-3-16(12(11)17)7-10-4-13(5-10)8-15-9-13/h1-3,10,15H,4-5,7-9H2. The third-order valence-electron chi connectivity index (χ3n) is 4.04.